The maximum Gasteiger partial charge on any atom is 0.243 e. The van der Waals surface area contributed by atoms with Crippen molar-refractivity contribution in [2.45, 2.75) is 58.2 Å². The summed E-state index contributed by atoms with van der Waals surface area (Å²) >= 11 is 1.58. The zero-order chi connectivity index (χ0) is 26.0. The molecule has 3 heterocycles. The number of amides is 2. The number of aryl methyl sites for hydroxylation is 1. The molecule has 2 aromatic heterocycles. The molecule has 0 bridgehead atoms. The molecule has 0 radical (unpaired) electrons. The van der Waals surface area contributed by atoms with E-state index in [4.69, 9.17) is 4.52 Å². The Labute approximate surface area is 213 Å². The molecular weight excluding hydrogens is 480 g/mol. The van der Waals surface area contributed by atoms with Crippen LogP contribution in [0.3, 0.4) is 0 Å². The summed E-state index contributed by atoms with van der Waals surface area (Å²) in [5.74, 6) is -1.31. The molecule has 2 amide bonds. The first-order chi connectivity index (χ1) is 17.2. The lowest BCUT2D eigenvalue weighted by atomic mass is 9.91. The second-order valence-corrected chi connectivity index (χ2v) is 10.4. The Bertz CT molecular complexity index is 1240. The molecule has 36 heavy (non-hydrogen) atoms. The van der Waals surface area contributed by atoms with E-state index in [9.17, 15) is 19.5 Å². The predicted molar refractivity (Wildman–Crippen MR) is 134 cm³/mol. The minimum Gasteiger partial charge on any atom is -0.391 e. The number of nitrogens with one attached hydrogen (secondary N) is 1. The summed E-state index contributed by atoms with van der Waals surface area (Å²) in [4.78, 5) is 44.6. The van der Waals surface area contributed by atoms with Gasteiger partial charge in [0.05, 0.1) is 28.2 Å². The highest BCUT2D eigenvalue weighted by Crippen LogP contribution is 2.32. The lowest BCUT2D eigenvalue weighted by Crippen LogP contribution is -2.48. The van der Waals surface area contributed by atoms with Crippen LogP contribution >= 0.6 is 11.3 Å². The average molecular weight is 511 g/mol. The van der Waals surface area contributed by atoms with E-state index in [2.05, 4.69) is 15.5 Å². The number of aliphatic hydroxyl groups excluding tert-OH is 1. The van der Waals surface area contributed by atoms with Gasteiger partial charge in [-0.1, -0.05) is 43.3 Å². The van der Waals surface area contributed by atoms with Crippen LogP contribution in [0.25, 0.3) is 10.4 Å². The van der Waals surface area contributed by atoms with E-state index in [0.717, 1.165) is 21.7 Å². The molecule has 4 rings (SSSR count). The van der Waals surface area contributed by atoms with Crippen molar-refractivity contribution in [2.75, 3.05) is 6.54 Å². The van der Waals surface area contributed by atoms with Gasteiger partial charge in [-0.2, -0.15) is 0 Å². The quantitative estimate of drug-likeness (QED) is 0.444. The Balaban J connectivity index is 1.48. The standard InChI is InChI=1S/C26H30N4O5S/c1-14(2)23(22-9-19(12-31)29-35-22)26(34)30-11-20(32)10-21(30)25(33)28-15(3)17-5-7-18(8-6-17)24-16(4)27-13-36-24/h5-9,12-15,20-21,23,32H,10-11H2,1-4H3,(H,28,33)/t15-,20+,21-,23+/m0/s1. The minimum absolute atomic E-state index is 0.0477. The summed E-state index contributed by atoms with van der Waals surface area (Å²) in [6.45, 7) is 7.61. The molecule has 4 atom stereocenters. The molecule has 3 aromatic rings. The zero-order valence-corrected chi connectivity index (χ0v) is 21.5. The number of aliphatic hydroxyl groups is 1. The van der Waals surface area contributed by atoms with Crippen LogP contribution in [-0.4, -0.2) is 56.9 Å². The molecular formula is C26H30N4O5S. The van der Waals surface area contributed by atoms with E-state index in [1.807, 2.05) is 57.5 Å². The summed E-state index contributed by atoms with van der Waals surface area (Å²) in [7, 11) is 0. The Morgan fingerprint density at radius 3 is 2.56 bits per heavy atom. The van der Waals surface area contributed by atoms with Gasteiger partial charge >= 0.3 is 0 Å². The summed E-state index contributed by atoms with van der Waals surface area (Å²) in [6.07, 6.45) is -0.110. The molecule has 9 nitrogen and oxygen atoms in total. The van der Waals surface area contributed by atoms with E-state index < -0.39 is 18.1 Å². The van der Waals surface area contributed by atoms with Gasteiger partial charge in [0, 0.05) is 19.0 Å². The van der Waals surface area contributed by atoms with Crippen molar-refractivity contribution in [2.24, 2.45) is 5.92 Å². The maximum absolute atomic E-state index is 13.5. The van der Waals surface area contributed by atoms with Crippen LogP contribution in [0.4, 0.5) is 0 Å². The molecule has 2 N–H and O–H groups in total. The van der Waals surface area contributed by atoms with Crippen molar-refractivity contribution < 1.29 is 24.0 Å². The Morgan fingerprint density at radius 2 is 1.97 bits per heavy atom. The highest BCUT2D eigenvalue weighted by molar-refractivity contribution is 7.13. The number of aromatic nitrogens is 2. The van der Waals surface area contributed by atoms with Gasteiger partial charge in [-0.25, -0.2) is 4.98 Å². The van der Waals surface area contributed by atoms with Gasteiger partial charge in [0.2, 0.25) is 11.8 Å². The summed E-state index contributed by atoms with van der Waals surface area (Å²) in [5.41, 5.74) is 4.89. The van der Waals surface area contributed by atoms with E-state index in [-0.39, 0.29) is 48.2 Å². The third-order valence-corrected chi connectivity index (χ3v) is 7.53. The normalized spacial score (nSPS) is 19.3. The van der Waals surface area contributed by atoms with Gasteiger partial charge in [0.15, 0.2) is 6.29 Å². The highest BCUT2D eigenvalue weighted by atomic mass is 32.1. The van der Waals surface area contributed by atoms with Crippen molar-refractivity contribution in [3.05, 3.63) is 58.6 Å². The number of likely N-dealkylation sites (tertiary alicyclic amines) is 1. The second kappa shape index (κ2) is 10.7. The summed E-state index contributed by atoms with van der Waals surface area (Å²) in [5, 5.41) is 17.0. The summed E-state index contributed by atoms with van der Waals surface area (Å²) < 4.78 is 5.25. The molecule has 1 aliphatic rings. The molecule has 1 saturated heterocycles. The zero-order valence-electron chi connectivity index (χ0n) is 20.7. The van der Waals surface area contributed by atoms with E-state index >= 15 is 0 Å². The highest BCUT2D eigenvalue weighted by Gasteiger charge is 2.43. The van der Waals surface area contributed by atoms with Crippen molar-refractivity contribution in [3.8, 4) is 10.4 Å². The third-order valence-electron chi connectivity index (χ3n) is 6.55. The topological polar surface area (TPSA) is 126 Å². The number of aldehydes is 1. The van der Waals surface area contributed by atoms with Crippen LogP contribution in [0.15, 0.2) is 40.4 Å². The SMILES string of the molecule is Cc1ncsc1-c1ccc([C@H](C)NC(=O)[C@@H]2C[C@@H](O)CN2C(=O)[C@@H](c2cc(C=O)no2)C(C)C)cc1. The predicted octanol–water partition coefficient (Wildman–Crippen LogP) is 3.50. The molecule has 0 aliphatic carbocycles. The van der Waals surface area contributed by atoms with Gasteiger partial charge in [0.25, 0.3) is 0 Å². The molecule has 0 spiro atoms. The number of carbonyl (C=O) groups excluding carboxylic acids is 3. The molecule has 190 valence electrons. The molecule has 0 unspecified atom stereocenters. The van der Waals surface area contributed by atoms with E-state index in [1.165, 1.54) is 11.0 Å². The fourth-order valence-corrected chi connectivity index (χ4v) is 5.43. The van der Waals surface area contributed by atoms with Gasteiger partial charge in [-0.05, 0) is 30.9 Å². The smallest absolute Gasteiger partial charge is 0.243 e. The van der Waals surface area contributed by atoms with Gasteiger partial charge in [-0.3, -0.25) is 14.4 Å². The molecule has 1 aromatic carbocycles. The van der Waals surface area contributed by atoms with Gasteiger partial charge in [-0.15, -0.1) is 11.3 Å². The van der Waals surface area contributed by atoms with Crippen molar-refractivity contribution in [1.82, 2.24) is 20.4 Å². The van der Waals surface area contributed by atoms with Gasteiger partial charge in [0.1, 0.15) is 23.4 Å². The maximum atomic E-state index is 13.5. The monoisotopic (exact) mass is 510 g/mol. The second-order valence-electron chi connectivity index (χ2n) is 9.51. The number of hydrogen-bond donors (Lipinski definition) is 2. The first kappa shape index (κ1) is 25.7. The number of thiazole rings is 1. The Morgan fingerprint density at radius 1 is 1.25 bits per heavy atom. The van der Waals surface area contributed by atoms with Crippen LogP contribution in [-0.2, 0) is 9.59 Å². The first-order valence-electron chi connectivity index (χ1n) is 11.9. The largest absolute Gasteiger partial charge is 0.391 e. The molecule has 1 fully saturated rings. The van der Waals surface area contributed by atoms with Gasteiger partial charge < -0.3 is 19.8 Å². The van der Waals surface area contributed by atoms with Crippen molar-refractivity contribution in [1.29, 1.82) is 0 Å². The number of rotatable bonds is 8. The van der Waals surface area contributed by atoms with Crippen LogP contribution < -0.4 is 5.32 Å². The third kappa shape index (κ3) is 5.24. The van der Waals surface area contributed by atoms with Crippen molar-refractivity contribution in [3.63, 3.8) is 0 Å². The van der Waals surface area contributed by atoms with Crippen LogP contribution in [0.2, 0.25) is 0 Å². The number of benzene rings is 1. The number of carbonyl (C=O) groups is 3. The summed E-state index contributed by atoms with van der Waals surface area (Å²) in [6, 6.07) is 8.27. The number of hydrogen-bond acceptors (Lipinski definition) is 8. The lowest BCUT2D eigenvalue weighted by Gasteiger charge is -2.29. The Kier molecular flexibility index (Phi) is 7.65. The minimum atomic E-state index is -0.816. The Hall–Kier alpha value is -3.37. The lowest BCUT2D eigenvalue weighted by molar-refractivity contribution is -0.141. The number of β-amino-alcohol motifs (C(OH)–C–C–N with tert-alkyl or cyclic N) is 1. The fourth-order valence-electron chi connectivity index (χ4n) is 4.62. The van der Waals surface area contributed by atoms with E-state index in [1.54, 1.807) is 11.3 Å². The number of nitrogens with zero attached hydrogens (tertiary/aromatic N) is 3. The average Bonchev–Trinajstić information content (AvgIpc) is 3.58. The first-order valence-corrected chi connectivity index (χ1v) is 12.8. The fraction of sp³-hybridized carbons (Fsp3) is 0.423. The van der Waals surface area contributed by atoms with Crippen LogP contribution in [0, 0.1) is 12.8 Å². The van der Waals surface area contributed by atoms with Crippen LogP contribution in [0.1, 0.15) is 66.7 Å². The molecule has 1 aliphatic heterocycles. The van der Waals surface area contributed by atoms with Crippen molar-refractivity contribution >= 4 is 29.4 Å². The molecule has 10 heteroatoms. The molecule has 0 saturated carbocycles. The van der Waals surface area contributed by atoms with Crippen LogP contribution in [0.5, 0.6) is 0 Å². The van der Waals surface area contributed by atoms with E-state index in [0.29, 0.717) is 6.29 Å².